The molecule has 19 heavy (non-hydrogen) atoms. The van der Waals surface area contributed by atoms with Crippen molar-refractivity contribution in [2.45, 2.75) is 66.8 Å². The summed E-state index contributed by atoms with van der Waals surface area (Å²) in [4.78, 5) is 11.5. The molecule has 1 atom stereocenters. The lowest BCUT2D eigenvalue weighted by molar-refractivity contribution is -0.121. The van der Waals surface area contributed by atoms with Gasteiger partial charge >= 0.3 is 0 Å². The van der Waals surface area contributed by atoms with Crippen LogP contribution in [0.25, 0.3) is 0 Å². The Balaban J connectivity index is 3.77. The fraction of sp³-hybridized carbons (Fsp3) is 0.812. The van der Waals surface area contributed by atoms with E-state index in [0.717, 1.165) is 25.1 Å². The van der Waals surface area contributed by atoms with Crippen molar-refractivity contribution in [3.05, 3.63) is 12.3 Å². The first-order chi connectivity index (χ1) is 8.61. The average Bonchev–Trinajstić information content (AvgIpc) is 2.20. The highest BCUT2D eigenvalue weighted by molar-refractivity contribution is 5.76. The van der Waals surface area contributed by atoms with Gasteiger partial charge in [0.2, 0.25) is 5.91 Å². The number of allylic oxidation sites excluding steroid dienone is 1. The minimum Gasteiger partial charge on any atom is -0.389 e. The van der Waals surface area contributed by atoms with Gasteiger partial charge in [-0.05, 0) is 38.0 Å². The molecule has 0 radical (unpaired) electrons. The second-order valence-corrected chi connectivity index (χ2v) is 6.94. The molecule has 3 heteroatoms. The number of nitrogens with one attached hydrogen (secondary N) is 2. The van der Waals surface area contributed by atoms with E-state index in [1.807, 2.05) is 13.8 Å². The predicted octanol–water partition coefficient (Wildman–Crippen LogP) is 3.47. The molecule has 1 amide bonds. The molecule has 0 saturated carbocycles. The van der Waals surface area contributed by atoms with Crippen LogP contribution in [0.3, 0.4) is 0 Å². The third-order valence-electron chi connectivity index (χ3n) is 2.90. The number of rotatable bonds is 8. The largest absolute Gasteiger partial charge is 0.389 e. The first-order valence-corrected chi connectivity index (χ1v) is 7.34. The van der Waals surface area contributed by atoms with E-state index in [4.69, 9.17) is 0 Å². The lowest BCUT2D eigenvalue weighted by atomic mass is 9.84. The van der Waals surface area contributed by atoms with Crippen molar-refractivity contribution in [2.75, 3.05) is 6.54 Å². The van der Waals surface area contributed by atoms with E-state index in [1.165, 1.54) is 0 Å². The van der Waals surface area contributed by atoms with Crippen molar-refractivity contribution in [1.29, 1.82) is 0 Å². The van der Waals surface area contributed by atoms with Gasteiger partial charge < -0.3 is 10.6 Å². The standard InChI is InChI=1S/C16H32N2O/c1-12(2)18-15(19)9-8-10-17-14(4)13(3)11-16(5,6)7/h12-13,17H,4,8-11H2,1-3,5-7H3,(H,18,19). The molecule has 0 aromatic rings. The topological polar surface area (TPSA) is 41.1 Å². The van der Waals surface area contributed by atoms with Gasteiger partial charge in [-0.25, -0.2) is 0 Å². The Kier molecular flexibility index (Phi) is 7.81. The van der Waals surface area contributed by atoms with Crippen LogP contribution in [0, 0.1) is 11.3 Å². The van der Waals surface area contributed by atoms with E-state index in [2.05, 4.69) is 44.9 Å². The van der Waals surface area contributed by atoms with Gasteiger partial charge in [0.05, 0.1) is 0 Å². The Morgan fingerprint density at radius 2 is 1.79 bits per heavy atom. The second-order valence-electron chi connectivity index (χ2n) is 6.94. The van der Waals surface area contributed by atoms with Crippen molar-refractivity contribution in [3.63, 3.8) is 0 Å². The van der Waals surface area contributed by atoms with Crippen LogP contribution in [0.1, 0.15) is 60.8 Å². The van der Waals surface area contributed by atoms with Gasteiger partial charge in [0.25, 0.3) is 0 Å². The van der Waals surface area contributed by atoms with Crippen LogP contribution >= 0.6 is 0 Å². The molecule has 0 aliphatic carbocycles. The Hall–Kier alpha value is -0.990. The van der Waals surface area contributed by atoms with E-state index in [0.29, 0.717) is 17.8 Å². The Labute approximate surface area is 119 Å². The van der Waals surface area contributed by atoms with Crippen LogP contribution in [0.4, 0.5) is 0 Å². The van der Waals surface area contributed by atoms with Crippen molar-refractivity contribution in [3.8, 4) is 0 Å². The van der Waals surface area contributed by atoms with Crippen molar-refractivity contribution >= 4 is 5.91 Å². The van der Waals surface area contributed by atoms with Crippen molar-refractivity contribution in [2.24, 2.45) is 11.3 Å². The molecule has 112 valence electrons. The normalized spacial score (nSPS) is 13.2. The summed E-state index contributed by atoms with van der Waals surface area (Å²) in [6.07, 6.45) is 2.54. The smallest absolute Gasteiger partial charge is 0.220 e. The van der Waals surface area contributed by atoms with Crippen molar-refractivity contribution in [1.82, 2.24) is 10.6 Å². The van der Waals surface area contributed by atoms with Crippen LogP contribution in [-0.2, 0) is 4.79 Å². The van der Waals surface area contributed by atoms with Gasteiger partial charge in [-0.2, -0.15) is 0 Å². The maximum Gasteiger partial charge on any atom is 0.220 e. The molecule has 0 rings (SSSR count). The maximum atomic E-state index is 11.5. The number of carbonyl (C=O) groups is 1. The zero-order valence-electron chi connectivity index (χ0n) is 13.6. The molecule has 0 bridgehead atoms. The fourth-order valence-corrected chi connectivity index (χ4v) is 2.11. The highest BCUT2D eigenvalue weighted by Gasteiger charge is 2.17. The fourth-order valence-electron chi connectivity index (χ4n) is 2.11. The molecule has 0 saturated heterocycles. The maximum absolute atomic E-state index is 11.5. The molecular formula is C16H32N2O. The number of hydrogen-bond donors (Lipinski definition) is 2. The number of hydrogen-bond acceptors (Lipinski definition) is 2. The van der Waals surface area contributed by atoms with Gasteiger partial charge in [-0.1, -0.05) is 34.3 Å². The minimum atomic E-state index is 0.130. The zero-order chi connectivity index (χ0) is 15.1. The molecule has 0 aliphatic heterocycles. The highest BCUT2D eigenvalue weighted by atomic mass is 16.1. The van der Waals surface area contributed by atoms with Gasteiger partial charge in [0.1, 0.15) is 0 Å². The van der Waals surface area contributed by atoms with Gasteiger partial charge in [0, 0.05) is 24.7 Å². The molecular weight excluding hydrogens is 236 g/mol. The summed E-state index contributed by atoms with van der Waals surface area (Å²) in [5.74, 6) is 0.592. The monoisotopic (exact) mass is 268 g/mol. The molecule has 0 heterocycles. The zero-order valence-corrected chi connectivity index (χ0v) is 13.6. The number of amides is 1. The van der Waals surface area contributed by atoms with E-state index < -0.39 is 0 Å². The Bertz CT molecular complexity index is 290. The van der Waals surface area contributed by atoms with Crippen molar-refractivity contribution < 1.29 is 4.79 Å². The van der Waals surface area contributed by atoms with Gasteiger partial charge in [-0.3, -0.25) is 4.79 Å². The van der Waals surface area contributed by atoms with Crippen LogP contribution < -0.4 is 10.6 Å². The second kappa shape index (κ2) is 8.23. The molecule has 0 aromatic carbocycles. The van der Waals surface area contributed by atoms with E-state index >= 15 is 0 Å². The number of carbonyl (C=O) groups excluding carboxylic acids is 1. The minimum absolute atomic E-state index is 0.130. The summed E-state index contributed by atoms with van der Waals surface area (Å²) in [6.45, 7) is 17.8. The highest BCUT2D eigenvalue weighted by Crippen LogP contribution is 2.26. The van der Waals surface area contributed by atoms with Gasteiger partial charge in [0.15, 0.2) is 0 Å². The summed E-state index contributed by atoms with van der Waals surface area (Å²) in [7, 11) is 0. The summed E-state index contributed by atoms with van der Waals surface area (Å²) in [6, 6.07) is 0.224. The molecule has 0 spiro atoms. The molecule has 0 fully saturated rings. The third-order valence-corrected chi connectivity index (χ3v) is 2.90. The van der Waals surface area contributed by atoms with E-state index in [9.17, 15) is 4.79 Å². The summed E-state index contributed by atoms with van der Waals surface area (Å²) >= 11 is 0. The van der Waals surface area contributed by atoms with E-state index in [-0.39, 0.29) is 11.9 Å². The van der Waals surface area contributed by atoms with E-state index in [1.54, 1.807) is 0 Å². The molecule has 0 aromatic heterocycles. The predicted molar refractivity (Wildman–Crippen MR) is 82.9 cm³/mol. The first-order valence-electron chi connectivity index (χ1n) is 7.34. The Morgan fingerprint density at radius 1 is 1.21 bits per heavy atom. The molecule has 2 N–H and O–H groups in total. The molecule has 3 nitrogen and oxygen atoms in total. The molecule has 1 unspecified atom stereocenters. The SMILES string of the molecule is C=C(NCCCC(=O)NC(C)C)C(C)CC(C)(C)C. The first kappa shape index (κ1) is 18.0. The quantitative estimate of drug-likeness (QED) is 0.662. The lowest BCUT2D eigenvalue weighted by Crippen LogP contribution is -2.30. The average molecular weight is 268 g/mol. The van der Waals surface area contributed by atoms with Gasteiger partial charge in [-0.15, -0.1) is 0 Å². The Morgan fingerprint density at radius 3 is 2.26 bits per heavy atom. The summed E-state index contributed by atoms with van der Waals surface area (Å²) in [5.41, 5.74) is 1.40. The lowest BCUT2D eigenvalue weighted by Gasteiger charge is -2.25. The van der Waals surface area contributed by atoms with Crippen LogP contribution in [0.15, 0.2) is 12.3 Å². The molecule has 0 aliphatic rings. The third kappa shape index (κ3) is 10.6. The van der Waals surface area contributed by atoms with Crippen LogP contribution in [0.5, 0.6) is 0 Å². The summed E-state index contributed by atoms with van der Waals surface area (Å²) in [5, 5.41) is 6.23. The van der Waals surface area contributed by atoms with Crippen LogP contribution in [-0.4, -0.2) is 18.5 Å². The summed E-state index contributed by atoms with van der Waals surface area (Å²) < 4.78 is 0. The van der Waals surface area contributed by atoms with Crippen LogP contribution in [0.2, 0.25) is 0 Å².